The van der Waals surface area contributed by atoms with E-state index in [1.54, 1.807) is 4.90 Å². The van der Waals surface area contributed by atoms with Gasteiger partial charge in [0.15, 0.2) is 0 Å². The van der Waals surface area contributed by atoms with Crippen LogP contribution in [0.25, 0.3) is 0 Å². The molecule has 0 radical (unpaired) electrons. The van der Waals surface area contributed by atoms with E-state index in [2.05, 4.69) is 19.2 Å². The summed E-state index contributed by atoms with van der Waals surface area (Å²) in [6.45, 7) is 19.7. The molecular weight excluding hydrogens is 408 g/mol. The average molecular weight is 457 g/mol. The summed E-state index contributed by atoms with van der Waals surface area (Å²) in [4.78, 5) is 27.1. The summed E-state index contributed by atoms with van der Waals surface area (Å²) < 4.78 is 10.7. The summed E-state index contributed by atoms with van der Waals surface area (Å²) in [5.41, 5.74) is 4.95. The van der Waals surface area contributed by atoms with Gasteiger partial charge in [0.05, 0.1) is 0 Å². The molecule has 2 aliphatic heterocycles. The van der Waals surface area contributed by atoms with Crippen molar-refractivity contribution < 1.29 is 19.1 Å². The zero-order chi connectivity index (χ0) is 24.5. The van der Waals surface area contributed by atoms with Crippen LogP contribution in [-0.4, -0.2) is 78.0 Å². The first-order valence-electron chi connectivity index (χ1n) is 12.1. The lowest BCUT2D eigenvalue weighted by Crippen LogP contribution is -2.49. The molecule has 0 aromatic carbocycles. The first-order valence-corrected chi connectivity index (χ1v) is 12.1. The maximum atomic E-state index is 12.0. The van der Waals surface area contributed by atoms with Crippen LogP contribution in [-0.2, 0) is 9.47 Å². The number of carbonyl (C=O) groups is 2. The summed E-state index contributed by atoms with van der Waals surface area (Å²) >= 11 is 0. The Morgan fingerprint density at radius 3 is 1.81 bits per heavy atom. The molecule has 188 valence electrons. The lowest BCUT2D eigenvalue weighted by atomic mass is 10.1. The van der Waals surface area contributed by atoms with Gasteiger partial charge in [-0.2, -0.15) is 0 Å². The van der Waals surface area contributed by atoms with Crippen LogP contribution in [0.2, 0.25) is 0 Å². The van der Waals surface area contributed by atoms with E-state index in [-0.39, 0.29) is 18.2 Å². The molecule has 2 rings (SSSR count). The fourth-order valence-corrected chi connectivity index (χ4v) is 3.54. The molecule has 2 saturated heterocycles. The summed E-state index contributed by atoms with van der Waals surface area (Å²) in [5.74, 6) is 0.641. The lowest BCUT2D eigenvalue weighted by Gasteiger charge is -2.34. The SMILES string of the molecule is CC(C)(C)OC(=O)N1CCC[C@@H](N)C1.CC(C)CN[C@@H]1CCCN(C(=O)OC(C)(C)C)C1. The number of nitrogens with one attached hydrogen (secondary N) is 1. The lowest BCUT2D eigenvalue weighted by molar-refractivity contribution is 0.0182. The van der Waals surface area contributed by atoms with Crippen molar-refractivity contribution >= 4 is 12.2 Å². The predicted molar refractivity (Wildman–Crippen MR) is 129 cm³/mol. The number of likely N-dealkylation sites (tertiary alicyclic amines) is 2. The molecule has 0 unspecified atom stereocenters. The quantitative estimate of drug-likeness (QED) is 0.667. The van der Waals surface area contributed by atoms with Crippen LogP contribution in [0.3, 0.4) is 0 Å². The highest BCUT2D eigenvalue weighted by Gasteiger charge is 2.28. The van der Waals surface area contributed by atoms with Gasteiger partial charge in [-0.05, 0) is 79.7 Å². The second kappa shape index (κ2) is 12.6. The van der Waals surface area contributed by atoms with E-state index in [1.807, 2.05) is 46.4 Å². The maximum absolute atomic E-state index is 12.0. The minimum atomic E-state index is -0.418. The largest absolute Gasteiger partial charge is 0.444 e. The van der Waals surface area contributed by atoms with Crippen molar-refractivity contribution in [1.29, 1.82) is 0 Å². The summed E-state index contributed by atoms with van der Waals surface area (Å²) in [5, 5.41) is 3.52. The molecular formula is C24H48N4O4. The predicted octanol–water partition coefficient (Wildman–Crippen LogP) is 3.98. The van der Waals surface area contributed by atoms with Gasteiger partial charge < -0.3 is 30.3 Å². The number of nitrogens with two attached hydrogens (primary N) is 1. The smallest absolute Gasteiger partial charge is 0.410 e. The third-order valence-electron chi connectivity index (χ3n) is 5.00. The molecule has 2 amide bonds. The Bertz CT molecular complexity index is 584. The minimum Gasteiger partial charge on any atom is -0.444 e. The highest BCUT2D eigenvalue weighted by molar-refractivity contribution is 5.68. The van der Waals surface area contributed by atoms with Crippen LogP contribution < -0.4 is 11.1 Å². The molecule has 0 aromatic rings. The van der Waals surface area contributed by atoms with Gasteiger partial charge in [0, 0.05) is 38.3 Å². The number of piperidine rings is 2. The number of ether oxygens (including phenoxy) is 2. The monoisotopic (exact) mass is 456 g/mol. The van der Waals surface area contributed by atoms with Crippen molar-refractivity contribution in [3.8, 4) is 0 Å². The van der Waals surface area contributed by atoms with Crippen molar-refractivity contribution in [3.05, 3.63) is 0 Å². The Balaban J connectivity index is 0.000000330. The van der Waals surface area contributed by atoms with Crippen LogP contribution >= 0.6 is 0 Å². The zero-order valence-corrected chi connectivity index (χ0v) is 21.7. The standard InChI is InChI=1S/C14H28N2O2.C10H20N2O2/c1-11(2)9-15-12-7-6-8-16(10-12)13(17)18-14(3,4)5;1-10(2,3)14-9(13)12-6-4-5-8(11)7-12/h11-12,15H,6-10H2,1-5H3;8H,4-7,11H2,1-3H3/t12-;8-/m11/s1. The van der Waals surface area contributed by atoms with Crippen LogP contribution in [0.1, 0.15) is 81.1 Å². The average Bonchev–Trinajstić information content (AvgIpc) is 2.64. The topological polar surface area (TPSA) is 97.1 Å². The molecule has 0 aliphatic carbocycles. The molecule has 3 N–H and O–H groups in total. The Hall–Kier alpha value is -1.54. The fourth-order valence-electron chi connectivity index (χ4n) is 3.54. The van der Waals surface area contributed by atoms with Crippen LogP contribution in [0, 0.1) is 5.92 Å². The molecule has 0 saturated carbocycles. The van der Waals surface area contributed by atoms with Crippen LogP contribution in [0.4, 0.5) is 9.59 Å². The van der Waals surface area contributed by atoms with Crippen molar-refractivity contribution in [3.63, 3.8) is 0 Å². The molecule has 2 atom stereocenters. The molecule has 8 nitrogen and oxygen atoms in total. The Kier molecular flexibility index (Phi) is 11.2. The van der Waals surface area contributed by atoms with E-state index in [0.717, 1.165) is 51.9 Å². The van der Waals surface area contributed by atoms with E-state index >= 15 is 0 Å². The molecule has 2 heterocycles. The van der Waals surface area contributed by atoms with Gasteiger partial charge in [-0.15, -0.1) is 0 Å². The third-order valence-corrected chi connectivity index (χ3v) is 5.00. The van der Waals surface area contributed by atoms with E-state index in [9.17, 15) is 9.59 Å². The number of nitrogens with zero attached hydrogens (tertiary/aromatic N) is 2. The molecule has 2 fully saturated rings. The van der Waals surface area contributed by atoms with E-state index < -0.39 is 11.2 Å². The number of amides is 2. The fraction of sp³-hybridized carbons (Fsp3) is 0.917. The second-order valence-electron chi connectivity index (χ2n) is 11.4. The van der Waals surface area contributed by atoms with E-state index in [4.69, 9.17) is 15.2 Å². The summed E-state index contributed by atoms with van der Waals surface area (Å²) in [6, 6.07) is 0.518. The molecule has 0 bridgehead atoms. The van der Waals surface area contributed by atoms with Gasteiger partial charge in [0.25, 0.3) is 0 Å². The number of rotatable bonds is 3. The van der Waals surface area contributed by atoms with E-state index in [0.29, 0.717) is 18.5 Å². The Labute approximate surface area is 195 Å². The first kappa shape index (κ1) is 28.5. The first-order chi connectivity index (χ1) is 14.7. The molecule has 0 spiro atoms. The van der Waals surface area contributed by atoms with E-state index in [1.165, 1.54) is 0 Å². The van der Waals surface area contributed by atoms with Crippen molar-refractivity contribution in [2.45, 2.75) is 104 Å². The van der Waals surface area contributed by atoms with Gasteiger partial charge in [0.1, 0.15) is 11.2 Å². The maximum Gasteiger partial charge on any atom is 0.410 e. The van der Waals surface area contributed by atoms with Crippen molar-refractivity contribution in [2.24, 2.45) is 11.7 Å². The number of hydrogen-bond donors (Lipinski definition) is 2. The van der Waals surface area contributed by atoms with Gasteiger partial charge in [0.2, 0.25) is 0 Å². The molecule has 32 heavy (non-hydrogen) atoms. The number of carbonyl (C=O) groups excluding carboxylic acids is 2. The van der Waals surface area contributed by atoms with Crippen LogP contribution in [0.15, 0.2) is 0 Å². The molecule has 2 aliphatic rings. The van der Waals surface area contributed by atoms with Gasteiger partial charge in [-0.1, -0.05) is 13.8 Å². The van der Waals surface area contributed by atoms with Gasteiger partial charge in [-0.25, -0.2) is 9.59 Å². The normalized spacial score (nSPS) is 22.2. The molecule has 0 aromatic heterocycles. The third kappa shape index (κ3) is 12.5. The number of hydrogen-bond acceptors (Lipinski definition) is 6. The Morgan fingerprint density at radius 1 is 0.906 bits per heavy atom. The van der Waals surface area contributed by atoms with Crippen molar-refractivity contribution in [1.82, 2.24) is 15.1 Å². The summed E-state index contributed by atoms with van der Waals surface area (Å²) in [7, 11) is 0. The molecule has 8 heteroatoms. The van der Waals surface area contributed by atoms with Gasteiger partial charge >= 0.3 is 12.2 Å². The highest BCUT2D eigenvalue weighted by Crippen LogP contribution is 2.16. The van der Waals surface area contributed by atoms with Crippen LogP contribution in [0.5, 0.6) is 0 Å². The second-order valence-corrected chi connectivity index (χ2v) is 11.4. The van der Waals surface area contributed by atoms with Gasteiger partial charge in [-0.3, -0.25) is 0 Å². The van der Waals surface area contributed by atoms with Crippen molar-refractivity contribution in [2.75, 3.05) is 32.7 Å². The minimum absolute atomic E-state index is 0.108. The zero-order valence-electron chi connectivity index (χ0n) is 21.7. The summed E-state index contributed by atoms with van der Waals surface area (Å²) in [6.07, 6.45) is 3.74. The highest BCUT2D eigenvalue weighted by atomic mass is 16.6. The Morgan fingerprint density at radius 2 is 1.38 bits per heavy atom.